The number of carbonyl (C=O) groups excluding carboxylic acids is 1. The van der Waals surface area contributed by atoms with Gasteiger partial charge in [-0.2, -0.15) is 0 Å². The summed E-state index contributed by atoms with van der Waals surface area (Å²) >= 11 is 12.1. The number of nitrogens with two attached hydrogens (primary N) is 1. The van der Waals surface area contributed by atoms with Gasteiger partial charge in [-0.25, -0.2) is 0 Å². The van der Waals surface area contributed by atoms with Gasteiger partial charge >= 0.3 is 0 Å². The van der Waals surface area contributed by atoms with Gasteiger partial charge in [0.05, 0.1) is 30.5 Å². The van der Waals surface area contributed by atoms with Crippen LogP contribution in [-0.2, 0) is 0 Å². The first-order valence-corrected chi connectivity index (χ1v) is 6.75. The van der Waals surface area contributed by atoms with Crippen molar-refractivity contribution in [3.8, 4) is 11.5 Å². The van der Waals surface area contributed by atoms with Gasteiger partial charge in [-0.3, -0.25) is 4.79 Å². The van der Waals surface area contributed by atoms with Gasteiger partial charge in [0.2, 0.25) is 0 Å². The van der Waals surface area contributed by atoms with Gasteiger partial charge in [-0.1, -0.05) is 23.2 Å². The van der Waals surface area contributed by atoms with E-state index in [1.165, 1.54) is 20.3 Å². The molecule has 0 unspecified atom stereocenters. The summed E-state index contributed by atoms with van der Waals surface area (Å²) in [6, 6.07) is 7.89. The molecule has 0 saturated heterocycles. The first kappa shape index (κ1) is 15.5. The number of carbonyl (C=O) groups is 1. The van der Waals surface area contributed by atoms with E-state index in [0.717, 1.165) is 0 Å². The van der Waals surface area contributed by atoms with Crippen molar-refractivity contribution in [3.05, 3.63) is 51.5 Å². The van der Waals surface area contributed by atoms with Gasteiger partial charge < -0.3 is 15.2 Å². The highest BCUT2D eigenvalue weighted by atomic mass is 35.5. The second-order valence-electron chi connectivity index (χ2n) is 4.23. The number of anilines is 1. The third-order valence-electron chi connectivity index (χ3n) is 2.99. The van der Waals surface area contributed by atoms with E-state index >= 15 is 0 Å². The molecule has 0 aliphatic rings. The quantitative estimate of drug-likeness (QED) is 0.685. The molecule has 2 aromatic rings. The van der Waals surface area contributed by atoms with Crippen LogP contribution in [0.15, 0.2) is 30.3 Å². The Morgan fingerprint density at radius 1 is 1.10 bits per heavy atom. The van der Waals surface area contributed by atoms with Gasteiger partial charge in [0.1, 0.15) is 10.8 Å². The van der Waals surface area contributed by atoms with Crippen LogP contribution < -0.4 is 15.2 Å². The standard InChI is InChI=1S/C15H13Cl2NO3/c1-20-12-6-4-9(15(21-2)13(12)17)14(19)8-3-5-11(18)10(16)7-8/h3-7H,18H2,1-2H3. The molecule has 0 radical (unpaired) electrons. The lowest BCUT2D eigenvalue weighted by atomic mass is 10.0. The average molecular weight is 326 g/mol. The fourth-order valence-corrected chi connectivity index (χ4v) is 2.40. The van der Waals surface area contributed by atoms with Crippen LogP contribution in [0.25, 0.3) is 0 Å². The van der Waals surface area contributed by atoms with Crippen molar-refractivity contribution in [2.24, 2.45) is 0 Å². The van der Waals surface area contributed by atoms with E-state index in [1.54, 1.807) is 24.3 Å². The molecule has 0 amide bonds. The number of hydrogen-bond donors (Lipinski definition) is 1. The summed E-state index contributed by atoms with van der Waals surface area (Å²) in [6.45, 7) is 0. The molecule has 21 heavy (non-hydrogen) atoms. The third kappa shape index (κ3) is 2.91. The smallest absolute Gasteiger partial charge is 0.196 e. The predicted molar refractivity (Wildman–Crippen MR) is 83.9 cm³/mol. The molecule has 0 aliphatic carbocycles. The van der Waals surface area contributed by atoms with Crippen LogP contribution in [0.3, 0.4) is 0 Å². The van der Waals surface area contributed by atoms with Crippen LogP contribution in [0.4, 0.5) is 5.69 Å². The van der Waals surface area contributed by atoms with Gasteiger partial charge in [0.25, 0.3) is 0 Å². The van der Waals surface area contributed by atoms with E-state index in [0.29, 0.717) is 27.6 Å². The van der Waals surface area contributed by atoms with Crippen LogP contribution in [0, 0.1) is 0 Å². The first-order chi connectivity index (χ1) is 9.99. The van der Waals surface area contributed by atoms with Crippen molar-refractivity contribution in [2.45, 2.75) is 0 Å². The highest BCUT2D eigenvalue weighted by molar-refractivity contribution is 6.35. The predicted octanol–water partition coefficient (Wildman–Crippen LogP) is 3.82. The average Bonchev–Trinajstić information content (AvgIpc) is 2.49. The molecule has 0 fully saturated rings. The van der Waals surface area contributed by atoms with Crippen molar-refractivity contribution < 1.29 is 14.3 Å². The normalized spacial score (nSPS) is 10.3. The highest BCUT2D eigenvalue weighted by Crippen LogP contribution is 2.38. The minimum atomic E-state index is -0.265. The molecule has 2 N–H and O–H groups in total. The molecule has 0 saturated carbocycles. The molecule has 6 heteroatoms. The minimum Gasteiger partial charge on any atom is -0.495 e. The van der Waals surface area contributed by atoms with Crippen molar-refractivity contribution >= 4 is 34.7 Å². The molecular formula is C15H13Cl2NO3. The summed E-state index contributed by atoms with van der Waals surface area (Å²) in [7, 11) is 2.93. The number of halogens is 2. The molecule has 4 nitrogen and oxygen atoms in total. The fourth-order valence-electron chi connectivity index (χ4n) is 1.90. The molecular weight excluding hydrogens is 313 g/mol. The molecule has 0 aromatic heterocycles. The Hall–Kier alpha value is -1.91. The molecule has 2 aromatic carbocycles. The van der Waals surface area contributed by atoms with Crippen molar-refractivity contribution in [2.75, 3.05) is 20.0 Å². The van der Waals surface area contributed by atoms with E-state index in [2.05, 4.69) is 0 Å². The lowest BCUT2D eigenvalue weighted by molar-refractivity contribution is 0.103. The zero-order valence-corrected chi connectivity index (χ0v) is 13.0. The van der Waals surface area contributed by atoms with E-state index < -0.39 is 0 Å². The maximum absolute atomic E-state index is 12.6. The Labute approximate surface area is 132 Å². The van der Waals surface area contributed by atoms with Crippen LogP contribution in [0.1, 0.15) is 15.9 Å². The van der Waals surface area contributed by atoms with E-state index in [9.17, 15) is 4.79 Å². The summed E-state index contributed by atoms with van der Waals surface area (Å²) < 4.78 is 10.3. The van der Waals surface area contributed by atoms with E-state index in [-0.39, 0.29) is 16.6 Å². The van der Waals surface area contributed by atoms with Crippen LogP contribution in [0.2, 0.25) is 10.0 Å². The van der Waals surface area contributed by atoms with Crippen LogP contribution in [-0.4, -0.2) is 20.0 Å². The zero-order chi connectivity index (χ0) is 15.6. The molecule has 0 heterocycles. The van der Waals surface area contributed by atoms with Crippen molar-refractivity contribution in [3.63, 3.8) is 0 Å². The number of rotatable bonds is 4. The Bertz CT molecular complexity index is 702. The second kappa shape index (κ2) is 6.24. The molecule has 0 bridgehead atoms. The summed E-state index contributed by atoms with van der Waals surface area (Å²) in [4.78, 5) is 12.6. The molecule has 0 aliphatic heterocycles. The molecule has 0 spiro atoms. The van der Waals surface area contributed by atoms with E-state index in [1.807, 2.05) is 0 Å². The monoisotopic (exact) mass is 325 g/mol. The number of nitrogen functional groups attached to an aromatic ring is 1. The Kier molecular flexibility index (Phi) is 4.60. The van der Waals surface area contributed by atoms with Crippen molar-refractivity contribution in [1.29, 1.82) is 0 Å². The fraction of sp³-hybridized carbons (Fsp3) is 0.133. The summed E-state index contributed by atoms with van der Waals surface area (Å²) in [5.41, 5.74) is 6.77. The largest absolute Gasteiger partial charge is 0.495 e. The molecule has 110 valence electrons. The number of benzene rings is 2. The molecule has 0 atom stereocenters. The first-order valence-electron chi connectivity index (χ1n) is 5.99. The maximum Gasteiger partial charge on any atom is 0.196 e. The molecule has 2 rings (SSSR count). The van der Waals surface area contributed by atoms with Gasteiger partial charge in [0.15, 0.2) is 11.5 Å². The minimum absolute atomic E-state index is 0.243. The third-order valence-corrected chi connectivity index (χ3v) is 3.68. The second-order valence-corrected chi connectivity index (χ2v) is 5.01. The summed E-state index contributed by atoms with van der Waals surface area (Å²) in [5.74, 6) is 0.424. The van der Waals surface area contributed by atoms with Gasteiger partial charge in [-0.05, 0) is 30.3 Å². The number of hydrogen-bond acceptors (Lipinski definition) is 4. The van der Waals surface area contributed by atoms with Crippen LogP contribution >= 0.6 is 23.2 Å². The number of ether oxygens (including phenoxy) is 2. The maximum atomic E-state index is 12.6. The van der Waals surface area contributed by atoms with Gasteiger partial charge in [-0.15, -0.1) is 0 Å². The van der Waals surface area contributed by atoms with Crippen molar-refractivity contribution in [1.82, 2.24) is 0 Å². The number of methoxy groups -OCH3 is 2. The Morgan fingerprint density at radius 3 is 2.38 bits per heavy atom. The Morgan fingerprint density at radius 2 is 1.81 bits per heavy atom. The topological polar surface area (TPSA) is 61.5 Å². The summed E-state index contributed by atoms with van der Waals surface area (Å²) in [6.07, 6.45) is 0. The lowest BCUT2D eigenvalue weighted by Gasteiger charge is -2.12. The lowest BCUT2D eigenvalue weighted by Crippen LogP contribution is -2.05. The summed E-state index contributed by atoms with van der Waals surface area (Å²) in [5, 5.41) is 0.562. The van der Waals surface area contributed by atoms with Crippen LogP contribution in [0.5, 0.6) is 11.5 Å². The number of ketones is 1. The highest BCUT2D eigenvalue weighted by Gasteiger charge is 2.20. The SMILES string of the molecule is COc1ccc(C(=O)c2ccc(N)c(Cl)c2)c(OC)c1Cl. The van der Waals surface area contributed by atoms with E-state index in [4.69, 9.17) is 38.4 Å². The Balaban J connectivity index is 2.52. The zero-order valence-electron chi connectivity index (χ0n) is 11.4. The van der Waals surface area contributed by atoms with Gasteiger partial charge in [0, 0.05) is 5.56 Å².